The molecule has 23 heavy (non-hydrogen) atoms. The van der Waals surface area contributed by atoms with E-state index in [1.165, 1.54) is 12.4 Å². The van der Waals surface area contributed by atoms with E-state index in [1.54, 1.807) is 31.4 Å². The van der Waals surface area contributed by atoms with Crippen molar-refractivity contribution in [3.8, 4) is 5.75 Å². The Kier molecular flexibility index (Phi) is 5.10. The molecule has 0 aromatic heterocycles. The number of hydrogen-bond acceptors (Lipinski definition) is 3. The molecule has 0 unspecified atom stereocenters. The van der Waals surface area contributed by atoms with Gasteiger partial charge in [0.05, 0.1) is 25.1 Å². The number of methoxy groups -OCH3 is 1. The van der Waals surface area contributed by atoms with Crippen molar-refractivity contribution in [2.75, 3.05) is 7.11 Å². The summed E-state index contributed by atoms with van der Waals surface area (Å²) in [4.78, 5) is 0. The third-order valence-corrected chi connectivity index (χ3v) is 2.89. The number of rotatable bonds is 4. The van der Waals surface area contributed by atoms with Gasteiger partial charge in [-0.3, -0.25) is 0 Å². The molecule has 0 aliphatic rings. The average Bonchev–Trinajstić information content (AvgIpc) is 2.51. The summed E-state index contributed by atoms with van der Waals surface area (Å²) >= 11 is 0. The fourth-order valence-corrected chi connectivity index (χ4v) is 1.73. The van der Waals surface area contributed by atoms with Crippen molar-refractivity contribution < 1.29 is 22.3 Å². The molecule has 2 aromatic rings. The number of hydrogen-bond donors (Lipinski definition) is 0. The number of ether oxygens (including phenoxy) is 1. The number of alkyl halides is 3. The Hall–Kier alpha value is -2.70. The van der Waals surface area contributed by atoms with Crippen LogP contribution < -0.4 is 4.74 Å². The standard InChI is InChI=1S/C16H12F4N2O/c1-23-13-5-2-11(3-6-13)9-21-22-10-12-4-7-14(15(17)8-12)16(18,19)20/h2-10H,1H3. The van der Waals surface area contributed by atoms with Crippen LogP contribution in [0.4, 0.5) is 17.6 Å². The first-order valence-corrected chi connectivity index (χ1v) is 6.47. The summed E-state index contributed by atoms with van der Waals surface area (Å²) < 4.78 is 55.6. The predicted octanol–water partition coefficient (Wildman–Crippen LogP) is 4.31. The second-order valence-corrected chi connectivity index (χ2v) is 4.50. The van der Waals surface area contributed by atoms with Gasteiger partial charge in [-0.05, 0) is 47.5 Å². The zero-order chi connectivity index (χ0) is 16.9. The smallest absolute Gasteiger partial charge is 0.419 e. The number of benzene rings is 2. The first-order valence-electron chi connectivity index (χ1n) is 6.47. The van der Waals surface area contributed by atoms with Gasteiger partial charge in [0.1, 0.15) is 11.6 Å². The van der Waals surface area contributed by atoms with E-state index in [0.29, 0.717) is 11.8 Å². The molecule has 0 atom stereocenters. The van der Waals surface area contributed by atoms with Crippen LogP contribution in [0.15, 0.2) is 52.7 Å². The molecule has 0 radical (unpaired) electrons. The van der Waals surface area contributed by atoms with Crippen molar-refractivity contribution in [1.82, 2.24) is 0 Å². The highest BCUT2D eigenvalue weighted by Crippen LogP contribution is 2.31. The van der Waals surface area contributed by atoms with Gasteiger partial charge in [-0.15, -0.1) is 0 Å². The third kappa shape index (κ3) is 4.64. The lowest BCUT2D eigenvalue weighted by Gasteiger charge is -2.07. The van der Waals surface area contributed by atoms with Crippen LogP contribution in [0.3, 0.4) is 0 Å². The molecule has 3 nitrogen and oxygen atoms in total. The SMILES string of the molecule is COc1ccc(C=NN=Cc2ccc(C(F)(F)F)c(F)c2)cc1. The summed E-state index contributed by atoms with van der Waals surface area (Å²) in [6.07, 6.45) is -2.09. The van der Waals surface area contributed by atoms with E-state index in [1.807, 2.05) is 0 Å². The van der Waals surface area contributed by atoms with Crippen molar-refractivity contribution in [1.29, 1.82) is 0 Å². The second kappa shape index (κ2) is 7.04. The molecule has 0 aliphatic heterocycles. The molecule has 2 aromatic carbocycles. The minimum absolute atomic E-state index is 0.183. The van der Waals surface area contributed by atoms with Crippen LogP contribution in [0, 0.1) is 5.82 Å². The van der Waals surface area contributed by atoms with E-state index in [9.17, 15) is 17.6 Å². The van der Waals surface area contributed by atoms with E-state index in [0.717, 1.165) is 17.7 Å². The molecule has 0 N–H and O–H groups in total. The zero-order valence-electron chi connectivity index (χ0n) is 12.0. The van der Waals surface area contributed by atoms with Gasteiger partial charge >= 0.3 is 6.18 Å². The molecule has 0 bridgehead atoms. The topological polar surface area (TPSA) is 34.0 Å². The van der Waals surface area contributed by atoms with Crippen LogP contribution in [0.5, 0.6) is 5.75 Å². The van der Waals surface area contributed by atoms with Crippen LogP contribution in [-0.2, 0) is 6.18 Å². The van der Waals surface area contributed by atoms with Crippen LogP contribution in [0.2, 0.25) is 0 Å². The van der Waals surface area contributed by atoms with E-state index in [4.69, 9.17) is 4.74 Å². The van der Waals surface area contributed by atoms with E-state index >= 15 is 0 Å². The Morgan fingerprint density at radius 3 is 2.00 bits per heavy atom. The van der Waals surface area contributed by atoms with Crippen LogP contribution in [-0.4, -0.2) is 19.5 Å². The molecular formula is C16H12F4N2O. The predicted molar refractivity (Wildman–Crippen MR) is 79.6 cm³/mol. The lowest BCUT2D eigenvalue weighted by Crippen LogP contribution is -2.08. The largest absolute Gasteiger partial charge is 0.497 e. The van der Waals surface area contributed by atoms with Crippen LogP contribution in [0.1, 0.15) is 16.7 Å². The summed E-state index contributed by atoms with van der Waals surface area (Å²) in [6.45, 7) is 0. The van der Waals surface area contributed by atoms with Gasteiger partial charge in [0, 0.05) is 0 Å². The maximum absolute atomic E-state index is 13.4. The molecule has 0 aliphatic carbocycles. The normalized spacial score (nSPS) is 12.2. The summed E-state index contributed by atoms with van der Waals surface area (Å²) in [5.74, 6) is -0.647. The molecular weight excluding hydrogens is 312 g/mol. The van der Waals surface area contributed by atoms with Crippen molar-refractivity contribution in [3.63, 3.8) is 0 Å². The molecule has 120 valence electrons. The number of halogens is 4. The van der Waals surface area contributed by atoms with Crippen LogP contribution >= 0.6 is 0 Å². The number of nitrogens with zero attached hydrogens (tertiary/aromatic N) is 2. The van der Waals surface area contributed by atoms with E-state index in [-0.39, 0.29) is 5.56 Å². The second-order valence-electron chi connectivity index (χ2n) is 4.50. The van der Waals surface area contributed by atoms with Gasteiger partial charge in [-0.25, -0.2) is 4.39 Å². The monoisotopic (exact) mass is 324 g/mol. The lowest BCUT2D eigenvalue weighted by molar-refractivity contribution is -0.140. The minimum atomic E-state index is -4.72. The Labute approximate surface area is 129 Å². The maximum Gasteiger partial charge on any atom is 0.419 e. The quantitative estimate of drug-likeness (QED) is 0.469. The molecule has 0 amide bonds. The highest BCUT2D eigenvalue weighted by molar-refractivity contribution is 5.82. The summed E-state index contributed by atoms with van der Waals surface area (Å²) in [5.41, 5.74) is -0.361. The van der Waals surface area contributed by atoms with Gasteiger partial charge in [0.15, 0.2) is 0 Å². The molecule has 2 rings (SSSR count). The first-order chi connectivity index (χ1) is 10.9. The fourth-order valence-electron chi connectivity index (χ4n) is 1.73. The Bertz CT molecular complexity index is 722. The van der Waals surface area contributed by atoms with E-state index in [2.05, 4.69) is 10.2 Å². The van der Waals surface area contributed by atoms with Crippen molar-refractivity contribution in [2.24, 2.45) is 10.2 Å². The van der Waals surface area contributed by atoms with Crippen molar-refractivity contribution in [3.05, 3.63) is 65.0 Å². The summed E-state index contributed by atoms with van der Waals surface area (Å²) in [5, 5.41) is 7.43. The molecule has 0 heterocycles. The Morgan fingerprint density at radius 1 is 0.913 bits per heavy atom. The minimum Gasteiger partial charge on any atom is -0.497 e. The zero-order valence-corrected chi connectivity index (χ0v) is 12.0. The van der Waals surface area contributed by atoms with Crippen molar-refractivity contribution in [2.45, 2.75) is 6.18 Å². The molecule has 0 spiro atoms. The van der Waals surface area contributed by atoms with Gasteiger partial charge < -0.3 is 4.74 Å². The highest BCUT2D eigenvalue weighted by atomic mass is 19.4. The summed E-state index contributed by atoms with van der Waals surface area (Å²) in [7, 11) is 1.55. The molecule has 0 fully saturated rings. The molecule has 7 heteroatoms. The Balaban J connectivity index is 2.05. The summed E-state index contributed by atoms with van der Waals surface area (Å²) in [6, 6.07) is 9.56. The van der Waals surface area contributed by atoms with Crippen LogP contribution in [0.25, 0.3) is 0 Å². The van der Waals surface area contributed by atoms with Gasteiger partial charge in [0.2, 0.25) is 0 Å². The first kappa shape index (κ1) is 16.7. The average molecular weight is 324 g/mol. The van der Waals surface area contributed by atoms with Gasteiger partial charge in [-0.2, -0.15) is 23.4 Å². The molecule has 0 saturated carbocycles. The lowest BCUT2D eigenvalue weighted by atomic mass is 10.1. The van der Waals surface area contributed by atoms with Crippen molar-refractivity contribution >= 4 is 12.4 Å². The molecule has 0 saturated heterocycles. The highest BCUT2D eigenvalue weighted by Gasteiger charge is 2.33. The Morgan fingerprint density at radius 2 is 1.48 bits per heavy atom. The third-order valence-electron chi connectivity index (χ3n) is 2.89. The van der Waals surface area contributed by atoms with Gasteiger partial charge in [-0.1, -0.05) is 6.07 Å². The van der Waals surface area contributed by atoms with Gasteiger partial charge in [0.25, 0.3) is 0 Å². The maximum atomic E-state index is 13.4. The van der Waals surface area contributed by atoms with E-state index < -0.39 is 17.6 Å². The fraction of sp³-hybridized carbons (Fsp3) is 0.125.